The third-order valence-electron chi connectivity index (χ3n) is 3.17. The minimum absolute atomic E-state index is 0.140. The number of nitrogens with one attached hydrogen (secondary N) is 2. The Morgan fingerprint density at radius 3 is 2.35 bits per heavy atom. The smallest absolute Gasteiger partial charge is 0.253 e. The Hall–Kier alpha value is -2.34. The molecule has 2 aromatic rings. The predicted octanol–water partition coefficient (Wildman–Crippen LogP) is 2.77. The molecule has 0 bridgehead atoms. The first kappa shape index (κ1) is 17.0. The number of rotatable bonds is 7. The van der Waals surface area contributed by atoms with Gasteiger partial charge in [0.15, 0.2) is 0 Å². The van der Waals surface area contributed by atoms with Gasteiger partial charge in [-0.05, 0) is 24.1 Å². The van der Waals surface area contributed by atoms with Crippen molar-refractivity contribution in [2.45, 2.75) is 19.1 Å². The first-order valence-electron chi connectivity index (χ1n) is 7.43. The van der Waals surface area contributed by atoms with Gasteiger partial charge in [0.05, 0.1) is 17.0 Å². The van der Waals surface area contributed by atoms with Crippen LogP contribution in [0, 0.1) is 0 Å². The number of sulfonamides is 1. The fourth-order valence-corrected chi connectivity index (χ4v) is 3.32. The number of anilines is 1. The number of carbonyl (C=O) groups excluding carboxylic acids is 1. The zero-order chi connectivity index (χ0) is 16.7. The summed E-state index contributed by atoms with van der Waals surface area (Å²) in [4.78, 5) is 12.1. The summed E-state index contributed by atoms with van der Waals surface area (Å²) < 4.78 is 27.1. The molecule has 2 rings (SSSR count). The molecule has 0 aromatic heterocycles. The Kier molecular flexibility index (Phi) is 5.76. The maximum atomic E-state index is 12.3. The number of carbonyl (C=O) groups is 1. The van der Waals surface area contributed by atoms with E-state index in [0.717, 1.165) is 6.42 Å². The highest BCUT2D eigenvalue weighted by Gasteiger charge is 2.16. The van der Waals surface area contributed by atoms with Crippen molar-refractivity contribution >= 4 is 21.6 Å². The van der Waals surface area contributed by atoms with Crippen LogP contribution < -0.4 is 10.0 Å². The van der Waals surface area contributed by atoms with Gasteiger partial charge < -0.3 is 5.32 Å². The summed E-state index contributed by atoms with van der Waals surface area (Å²) in [5.41, 5.74) is 1.29. The lowest BCUT2D eigenvalue weighted by atomic mass is 10.1. The SMILES string of the molecule is CCCNC(=O)c1ccccc1NS(=O)(=O)Cc1ccccc1. The highest BCUT2D eigenvalue weighted by molar-refractivity contribution is 7.91. The maximum Gasteiger partial charge on any atom is 0.253 e. The zero-order valence-corrected chi connectivity index (χ0v) is 13.8. The van der Waals surface area contributed by atoms with Crippen molar-refractivity contribution in [2.75, 3.05) is 11.3 Å². The van der Waals surface area contributed by atoms with Crippen molar-refractivity contribution in [3.8, 4) is 0 Å². The monoisotopic (exact) mass is 332 g/mol. The number of hydrogen-bond donors (Lipinski definition) is 2. The van der Waals surface area contributed by atoms with Crippen molar-refractivity contribution in [1.29, 1.82) is 0 Å². The molecule has 0 aliphatic rings. The second-order valence-electron chi connectivity index (χ2n) is 5.15. The van der Waals surface area contributed by atoms with Gasteiger partial charge in [0.2, 0.25) is 10.0 Å². The van der Waals surface area contributed by atoms with Crippen molar-refractivity contribution in [3.05, 3.63) is 65.7 Å². The average Bonchev–Trinajstić information content (AvgIpc) is 2.53. The van der Waals surface area contributed by atoms with Crippen LogP contribution in [0.5, 0.6) is 0 Å². The van der Waals surface area contributed by atoms with Gasteiger partial charge in [-0.1, -0.05) is 49.4 Å². The molecule has 0 aliphatic carbocycles. The van der Waals surface area contributed by atoms with Crippen LogP contribution in [-0.2, 0) is 15.8 Å². The third-order valence-corrected chi connectivity index (χ3v) is 4.42. The first-order chi connectivity index (χ1) is 11.0. The highest BCUT2D eigenvalue weighted by Crippen LogP contribution is 2.18. The molecule has 1 amide bonds. The number of amides is 1. The first-order valence-corrected chi connectivity index (χ1v) is 9.08. The van der Waals surface area contributed by atoms with E-state index >= 15 is 0 Å². The Balaban J connectivity index is 2.17. The van der Waals surface area contributed by atoms with Gasteiger partial charge >= 0.3 is 0 Å². The molecule has 23 heavy (non-hydrogen) atoms. The summed E-state index contributed by atoms with van der Waals surface area (Å²) in [6.45, 7) is 2.50. The molecule has 122 valence electrons. The molecule has 0 aliphatic heterocycles. The zero-order valence-electron chi connectivity index (χ0n) is 13.0. The van der Waals surface area contributed by atoms with E-state index in [-0.39, 0.29) is 17.3 Å². The molecular formula is C17H20N2O3S. The van der Waals surface area contributed by atoms with Gasteiger partial charge in [0.1, 0.15) is 0 Å². The summed E-state index contributed by atoms with van der Waals surface area (Å²) in [6, 6.07) is 15.5. The van der Waals surface area contributed by atoms with Gasteiger partial charge in [-0.15, -0.1) is 0 Å². The molecule has 0 spiro atoms. The Morgan fingerprint density at radius 2 is 1.65 bits per heavy atom. The van der Waals surface area contributed by atoms with E-state index < -0.39 is 10.0 Å². The van der Waals surface area contributed by atoms with Crippen LogP contribution >= 0.6 is 0 Å². The summed E-state index contributed by atoms with van der Waals surface area (Å²) in [6.07, 6.45) is 0.813. The largest absolute Gasteiger partial charge is 0.352 e. The molecule has 2 aromatic carbocycles. The van der Waals surface area contributed by atoms with E-state index in [1.165, 1.54) is 0 Å². The van der Waals surface area contributed by atoms with E-state index in [2.05, 4.69) is 10.0 Å². The predicted molar refractivity (Wildman–Crippen MR) is 91.8 cm³/mol. The van der Waals surface area contributed by atoms with Gasteiger partial charge in [-0.3, -0.25) is 9.52 Å². The van der Waals surface area contributed by atoms with Crippen LogP contribution in [0.25, 0.3) is 0 Å². The van der Waals surface area contributed by atoms with Crippen molar-refractivity contribution < 1.29 is 13.2 Å². The number of para-hydroxylation sites is 1. The average molecular weight is 332 g/mol. The maximum absolute atomic E-state index is 12.3. The van der Waals surface area contributed by atoms with Crippen molar-refractivity contribution in [3.63, 3.8) is 0 Å². The topological polar surface area (TPSA) is 75.3 Å². The molecule has 0 atom stereocenters. The Labute approximate surface area is 136 Å². The summed E-state index contributed by atoms with van der Waals surface area (Å²) in [5, 5.41) is 2.75. The number of hydrogen-bond acceptors (Lipinski definition) is 3. The van der Waals surface area contributed by atoms with E-state index in [1.54, 1.807) is 48.5 Å². The Morgan fingerprint density at radius 1 is 1.00 bits per heavy atom. The molecule has 5 nitrogen and oxygen atoms in total. The van der Waals surface area contributed by atoms with Gasteiger partial charge in [-0.2, -0.15) is 0 Å². The molecule has 0 radical (unpaired) electrons. The standard InChI is InChI=1S/C17H20N2O3S/c1-2-12-18-17(20)15-10-6-7-11-16(15)19-23(21,22)13-14-8-4-3-5-9-14/h3-11,19H,2,12-13H2,1H3,(H,18,20). The van der Waals surface area contributed by atoms with Gasteiger partial charge in [0, 0.05) is 6.54 Å². The van der Waals surface area contributed by atoms with Crippen molar-refractivity contribution in [1.82, 2.24) is 5.32 Å². The van der Waals surface area contributed by atoms with E-state index in [4.69, 9.17) is 0 Å². The van der Waals surface area contributed by atoms with E-state index in [1.807, 2.05) is 13.0 Å². The van der Waals surface area contributed by atoms with Crippen LogP contribution in [0.2, 0.25) is 0 Å². The fourth-order valence-electron chi connectivity index (χ4n) is 2.10. The van der Waals surface area contributed by atoms with Crippen LogP contribution in [0.1, 0.15) is 29.3 Å². The summed E-state index contributed by atoms with van der Waals surface area (Å²) in [7, 11) is -3.59. The van der Waals surface area contributed by atoms with Gasteiger partial charge in [0.25, 0.3) is 5.91 Å². The molecule has 0 saturated carbocycles. The summed E-state index contributed by atoms with van der Waals surface area (Å²) in [5.74, 6) is -0.427. The number of benzene rings is 2. The van der Waals surface area contributed by atoms with E-state index in [0.29, 0.717) is 17.7 Å². The van der Waals surface area contributed by atoms with Crippen LogP contribution in [0.4, 0.5) is 5.69 Å². The lowest BCUT2D eigenvalue weighted by Gasteiger charge is -2.12. The molecule has 2 N–H and O–H groups in total. The lowest BCUT2D eigenvalue weighted by molar-refractivity contribution is 0.0954. The summed E-state index contributed by atoms with van der Waals surface area (Å²) >= 11 is 0. The third kappa shape index (κ3) is 5.10. The minimum Gasteiger partial charge on any atom is -0.352 e. The Bertz CT molecular complexity index is 758. The fraction of sp³-hybridized carbons (Fsp3) is 0.235. The van der Waals surface area contributed by atoms with Crippen molar-refractivity contribution in [2.24, 2.45) is 0 Å². The molecule has 0 heterocycles. The second-order valence-corrected chi connectivity index (χ2v) is 6.87. The molecule has 0 unspecified atom stereocenters. The second kappa shape index (κ2) is 7.78. The molecule has 0 fully saturated rings. The quantitative estimate of drug-likeness (QED) is 0.818. The van der Waals surface area contributed by atoms with Gasteiger partial charge in [-0.25, -0.2) is 8.42 Å². The molecular weight excluding hydrogens is 312 g/mol. The van der Waals surface area contributed by atoms with Crippen LogP contribution in [0.15, 0.2) is 54.6 Å². The van der Waals surface area contributed by atoms with Crippen LogP contribution in [0.3, 0.4) is 0 Å². The van der Waals surface area contributed by atoms with E-state index in [9.17, 15) is 13.2 Å². The molecule has 0 saturated heterocycles. The van der Waals surface area contributed by atoms with Crippen LogP contribution in [-0.4, -0.2) is 20.9 Å². The minimum atomic E-state index is -3.59. The highest BCUT2D eigenvalue weighted by atomic mass is 32.2. The molecule has 6 heteroatoms. The lowest BCUT2D eigenvalue weighted by Crippen LogP contribution is -2.26. The normalized spacial score (nSPS) is 11.0.